The standard InChI is InChI=1S/C15H19N/c1-11(2)16-12(3)14-9-8-13-6-4-5-7-15(13)10-14/h4-12,16H,1-3H3/t12-/m1/s1. The Balaban J connectivity index is 2.32. The zero-order chi connectivity index (χ0) is 11.5. The molecule has 1 nitrogen and oxygen atoms in total. The fourth-order valence-electron chi connectivity index (χ4n) is 2.07. The summed E-state index contributed by atoms with van der Waals surface area (Å²) in [5.74, 6) is 0. The van der Waals surface area contributed by atoms with E-state index in [1.165, 1.54) is 16.3 Å². The first kappa shape index (κ1) is 11.2. The van der Waals surface area contributed by atoms with Crippen LogP contribution in [0.2, 0.25) is 0 Å². The Morgan fingerprint density at radius 2 is 1.56 bits per heavy atom. The summed E-state index contributed by atoms with van der Waals surface area (Å²) >= 11 is 0. The van der Waals surface area contributed by atoms with Crippen molar-refractivity contribution in [3.63, 3.8) is 0 Å². The van der Waals surface area contributed by atoms with Crippen molar-refractivity contribution in [3.05, 3.63) is 48.0 Å². The predicted octanol–water partition coefficient (Wildman–Crippen LogP) is 3.90. The molecule has 0 saturated heterocycles. The molecule has 0 aromatic heterocycles. The van der Waals surface area contributed by atoms with E-state index in [9.17, 15) is 0 Å². The predicted molar refractivity (Wildman–Crippen MR) is 70.6 cm³/mol. The highest BCUT2D eigenvalue weighted by atomic mass is 14.9. The maximum atomic E-state index is 3.52. The average Bonchev–Trinajstić information content (AvgIpc) is 2.27. The van der Waals surface area contributed by atoms with Crippen molar-refractivity contribution >= 4 is 10.8 Å². The maximum Gasteiger partial charge on any atom is 0.0294 e. The molecule has 84 valence electrons. The van der Waals surface area contributed by atoms with E-state index < -0.39 is 0 Å². The van der Waals surface area contributed by atoms with Crippen molar-refractivity contribution < 1.29 is 0 Å². The van der Waals surface area contributed by atoms with Gasteiger partial charge in [0.2, 0.25) is 0 Å². The molecule has 2 aromatic rings. The number of benzene rings is 2. The Labute approximate surface area is 97.5 Å². The molecule has 0 aliphatic rings. The van der Waals surface area contributed by atoms with Gasteiger partial charge in [-0.3, -0.25) is 0 Å². The molecule has 2 aromatic carbocycles. The first-order chi connectivity index (χ1) is 7.66. The van der Waals surface area contributed by atoms with Crippen LogP contribution in [0.15, 0.2) is 42.5 Å². The van der Waals surface area contributed by atoms with E-state index in [1.807, 2.05) is 0 Å². The molecule has 1 N–H and O–H groups in total. The minimum atomic E-state index is 0.407. The molecule has 2 rings (SSSR count). The highest BCUT2D eigenvalue weighted by Gasteiger charge is 2.06. The van der Waals surface area contributed by atoms with Crippen molar-refractivity contribution in [3.8, 4) is 0 Å². The number of fused-ring (bicyclic) bond motifs is 1. The van der Waals surface area contributed by atoms with Gasteiger partial charge in [-0.1, -0.05) is 50.2 Å². The first-order valence-corrected chi connectivity index (χ1v) is 5.91. The highest BCUT2D eigenvalue weighted by Crippen LogP contribution is 2.20. The van der Waals surface area contributed by atoms with Crippen molar-refractivity contribution in [1.29, 1.82) is 0 Å². The van der Waals surface area contributed by atoms with E-state index in [2.05, 4.69) is 68.6 Å². The molecule has 0 aliphatic heterocycles. The summed E-state index contributed by atoms with van der Waals surface area (Å²) in [4.78, 5) is 0. The molecule has 0 spiro atoms. The zero-order valence-corrected chi connectivity index (χ0v) is 10.2. The summed E-state index contributed by atoms with van der Waals surface area (Å²) in [6, 6.07) is 16.1. The molecule has 0 radical (unpaired) electrons. The van der Waals surface area contributed by atoms with Crippen LogP contribution in [0.5, 0.6) is 0 Å². The molecular formula is C15H19N. The minimum Gasteiger partial charge on any atom is -0.308 e. The topological polar surface area (TPSA) is 12.0 Å². The lowest BCUT2D eigenvalue weighted by molar-refractivity contribution is 0.506. The molecule has 0 unspecified atom stereocenters. The lowest BCUT2D eigenvalue weighted by Gasteiger charge is -2.17. The maximum absolute atomic E-state index is 3.52. The molecule has 0 heterocycles. The lowest BCUT2D eigenvalue weighted by atomic mass is 10.0. The largest absolute Gasteiger partial charge is 0.308 e. The van der Waals surface area contributed by atoms with Crippen LogP contribution in [0.4, 0.5) is 0 Å². The normalized spacial score (nSPS) is 13.2. The van der Waals surface area contributed by atoms with Crippen LogP contribution >= 0.6 is 0 Å². The Morgan fingerprint density at radius 3 is 2.25 bits per heavy atom. The van der Waals surface area contributed by atoms with Crippen LogP contribution in [0.3, 0.4) is 0 Å². The van der Waals surface area contributed by atoms with Gasteiger partial charge in [0.05, 0.1) is 0 Å². The fourth-order valence-corrected chi connectivity index (χ4v) is 2.07. The van der Waals surface area contributed by atoms with Gasteiger partial charge < -0.3 is 5.32 Å². The first-order valence-electron chi connectivity index (χ1n) is 5.91. The monoisotopic (exact) mass is 213 g/mol. The third-order valence-electron chi connectivity index (χ3n) is 2.86. The molecule has 0 aliphatic carbocycles. The Bertz CT molecular complexity index is 474. The quantitative estimate of drug-likeness (QED) is 0.815. The molecule has 1 atom stereocenters. The third kappa shape index (κ3) is 2.42. The minimum absolute atomic E-state index is 0.407. The van der Waals surface area contributed by atoms with Crippen molar-refractivity contribution in [1.82, 2.24) is 5.32 Å². The van der Waals surface area contributed by atoms with E-state index in [-0.39, 0.29) is 0 Å². The summed E-state index contributed by atoms with van der Waals surface area (Å²) in [6.45, 7) is 6.57. The second kappa shape index (κ2) is 4.67. The fraction of sp³-hybridized carbons (Fsp3) is 0.333. The van der Waals surface area contributed by atoms with Crippen LogP contribution in [0.1, 0.15) is 32.4 Å². The molecule has 1 heteroatoms. The number of rotatable bonds is 3. The Kier molecular flexibility index (Phi) is 3.25. The lowest BCUT2D eigenvalue weighted by Crippen LogP contribution is -2.25. The Morgan fingerprint density at radius 1 is 0.875 bits per heavy atom. The van der Waals surface area contributed by atoms with Crippen LogP contribution in [0, 0.1) is 0 Å². The van der Waals surface area contributed by atoms with Gasteiger partial charge in [0, 0.05) is 12.1 Å². The van der Waals surface area contributed by atoms with Crippen LogP contribution in [-0.4, -0.2) is 6.04 Å². The van der Waals surface area contributed by atoms with Crippen LogP contribution in [-0.2, 0) is 0 Å². The SMILES string of the molecule is CC(C)N[C@H](C)c1ccc2ccccc2c1. The molecule has 0 fully saturated rings. The van der Waals surface area contributed by atoms with Gasteiger partial charge in [0.25, 0.3) is 0 Å². The van der Waals surface area contributed by atoms with E-state index >= 15 is 0 Å². The zero-order valence-electron chi connectivity index (χ0n) is 10.2. The van der Waals surface area contributed by atoms with Gasteiger partial charge in [0.1, 0.15) is 0 Å². The smallest absolute Gasteiger partial charge is 0.0294 e. The van der Waals surface area contributed by atoms with Gasteiger partial charge in [-0.2, -0.15) is 0 Å². The van der Waals surface area contributed by atoms with E-state index in [0.29, 0.717) is 12.1 Å². The van der Waals surface area contributed by atoms with Crippen LogP contribution in [0.25, 0.3) is 10.8 Å². The van der Waals surface area contributed by atoms with Crippen molar-refractivity contribution in [2.45, 2.75) is 32.9 Å². The van der Waals surface area contributed by atoms with Crippen molar-refractivity contribution in [2.24, 2.45) is 0 Å². The molecule has 0 amide bonds. The molecule has 16 heavy (non-hydrogen) atoms. The second-order valence-electron chi connectivity index (χ2n) is 4.65. The Hall–Kier alpha value is -1.34. The van der Waals surface area contributed by atoms with Gasteiger partial charge >= 0.3 is 0 Å². The summed E-state index contributed by atoms with van der Waals surface area (Å²) in [6.07, 6.45) is 0. The van der Waals surface area contributed by atoms with Gasteiger partial charge in [-0.15, -0.1) is 0 Å². The summed E-state index contributed by atoms with van der Waals surface area (Å²) in [5.41, 5.74) is 1.35. The van der Waals surface area contributed by atoms with Crippen LogP contribution < -0.4 is 5.32 Å². The third-order valence-corrected chi connectivity index (χ3v) is 2.86. The molecule has 0 saturated carbocycles. The summed E-state index contributed by atoms with van der Waals surface area (Å²) in [5, 5.41) is 6.15. The van der Waals surface area contributed by atoms with Gasteiger partial charge in [0.15, 0.2) is 0 Å². The second-order valence-corrected chi connectivity index (χ2v) is 4.65. The van der Waals surface area contributed by atoms with Gasteiger partial charge in [-0.05, 0) is 29.3 Å². The van der Waals surface area contributed by atoms with E-state index in [0.717, 1.165) is 0 Å². The van der Waals surface area contributed by atoms with E-state index in [4.69, 9.17) is 0 Å². The summed E-state index contributed by atoms with van der Waals surface area (Å²) < 4.78 is 0. The average molecular weight is 213 g/mol. The highest BCUT2D eigenvalue weighted by molar-refractivity contribution is 5.83. The number of hydrogen-bond acceptors (Lipinski definition) is 1. The van der Waals surface area contributed by atoms with Gasteiger partial charge in [-0.25, -0.2) is 0 Å². The molecule has 0 bridgehead atoms. The summed E-state index contributed by atoms with van der Waals surface area (Å²) in [7, 11) is 0. The molecular weight excluding hydrogens is 194 g/mol. The van der Waals surface area contributed by atoms with E-state index in [1.54, 1.807) is 0 Å². The van der Waals surface area contributed by atoms with Crippen molar-refractivity contribution in [2.75, 3.05) is 0 Å². The number of nitrogens with one attached hydrogen (secondary N) is 1. The number of hydrogen-bond donors (Lipinski definition) is 1.